The first kappa shape index (κ1) is 35.1. The number of phenolic OH excluding ortho intramolecular Hbond substituents is 1. The number of carbonyl (C=O) groups is 3. The number of aromatic hydroxyl groups is 1. The molecule has 2 bridgehead atoms. The minimum atomic E-state index is -4.88. The van der Waals surface area contributed by atoms with E-state index < -0.39 is 40.6 Å². The van der Waals surface area contributed by atoms with Crippen molar-refractivity contribution in [3.05, 3.63) is 44.6 Å². The molecule has 0 radical (unpaired) electrons. The molecule has 6 heterocycles. The molecule has 1 aromatic carbocycles. The number of hydrogen-bond donors (Lipinski definition) is 2. The van der Waals surface area contributed by atoms with Gasteiger partial charge in [-0.05, 0) is 74.7 Å². The zero-order valence-electron chi connectivity index (χ0n) is 27.8. The summed E-state index contributed by atoms with van der Waals surface area (Å²) in [7, 11) is 2.20. The maximum absolute atomic E-state index is 14.0. The smallest absolute Gasteiger partial charge is 0.420 e. The lowest BCUT2D eigenvalue weighted by molar-refractivity contribution is -0.143. The van der Waals surface area contributed by atoms with Crippen LogP contribution in [0.5, 0.6) is 5.75 Å². The Labute approximate surface area is 297 Å². The molecule has 2 N–H and O–H groups in total. The molecule has 7 rings (SSSR count). The van der Waals surface area contributed by atoms with Crippen LogP contribution in [0.3, 0.4) is 0 Å². The number of phenols is 1. The molecule has 5 aliphatic heterocycles. The quantitative estimate of drug-likeness (QED) is 0.406. The number of halogens is 4. The van der Waals surface area contributed by atoms with Crippen LogP contribution in [0.1, 0.15) is 54.5 Å². The Kier molecular flexibility index (Phi) is 9.87. The largest absolute Gasteiger partial charge is 0.506 e. The van der Waals surface area contributed by atoms with Gasteiger partial charge in [-0.15, -0.1) is 11.3 Å². The predicted molar refractivity (Wildman–Crippen MR) is 181 cm³/mol. The molecule has 0 spiro atoms. The van der Waals surface area contributed by atoms with E-state index >= 15 is 0 Å². The first-order valence-corrected chi connectivity index (χ1v) is 18.5. The predicted octanol–water partition coefficient (Wildman–Crippen LogP) is 5.46. The number of thiophene rings is 1. The number of nitrogens with zero attached hydrogens (tertiary/aromatic N) is 5. The van der Waals surface area contributed by atoms with Crippen LogP contribution in [0.25, 0.3) is 0 Å². The molecule has 4 saturated heterocycles. The van der Waals surface area contributed by atoms with Gasteiger partial charge in [0.15, 0.2) is 6.10 Å². The van der Waals surface area contributed by atoms with E-state index in [1.54, 1.807) is 21.1 Å². The molecule has 4 fully saturated rings. The number of fused-ring (bicyclic) bond motifs is 3. The summed E-state index contributed by atoms with van der Waals surface area (Å²) in [5.74, 6) is -1.58. The molecular weight excluding hydrogens is 697 g/mol. The summed E-state index contributed by atoms with van der Waals surface area (Å²) in [5, 5.41) is 14.4. The number of piperidine rings is 2. The molecule has 1 aromatic heterocycles. The van der Waals surface area contributed by atoms with Crippen LogP contribution in [-0.2, 0) is 28.7 Å². The lowest BCUT2D eigenvalue weighted by Gasteiger charge is -2.45. The second-order valence-electron chi connectivity index (χ2n) is 14.1. The number of rotatable bonds is 6. The van der Waals surface area contributed by atoms with Crippen molar-refractivity contribution in [3.63, 3.8) is 0 Å². The average Bonchev–Trinajstić information content (AvgIpc) is 3.61. The van der Waals surface area contributed by atoms with Crippen molar-refractivity contribution in [1.82, 2.24) is 24.5 Å². The van der Waals surface area contributed by atoms with E-state index in [4.69, 9.17) is 16.3 Å². The van der Waals surface area contributed by atoms with Crippen LogP contribution >= 0.6 is 22.9 Å². The molecule has 0 saturated carbocycles. The van der Waals surface area contributed by atoms with Crippen molar-refractivity contribution in [2.45, 2.75) is 87.9 Å². The summed E-state index contributed by atoms with van der Waals surface area (Å²) in [6.07, 6.45) is -1.76. The number of benzene rings is 1. The van der Waals surface area contributed by atoms with Crippen LogP contribution in [0.15, 0.2) is 23.6 Å². The van der Waals surface area contributed by atoms with Crippen molar-refractivity contribution in [1.29, 1.82) is 0 Å². The van der Waals surface area contributed by atoms with E-state index in [2.05, 4.69) is 22.2 Å². The standard InChI is InChI=1S/C34H42ClF3N6O5S/c1-40-22-2-3-23(40)18-24(17-22)41-9-11-42(12-10-41)31(46)28(16-20-14-25(34(36,37)38)30(45)26(35)15-20)49-33(48)43-7-4-21(5-8-43)44-19-29-27(6-13-50-29)39-32(44)47/h6,13-15,21-24,28,45H,2-5,7-12,16-19H2,1H3,(H,39,47)/t22?,23?,24?,28-/m1/s1. The fourth-order valence-corrected chi connectivity index (χ4v) is 9.48. The second-order valence-corrected chi connectivity index (χ2v) is 15.5. The third kappa shape index (κ3) is 7.10. The number of nitrogens with one attached hydrogen (secondary N) is 1. The van der Waals surface area contributed by atoms with Gasteiger partial charge in [-0.25, -0.2) is 9.59 Å². The van der Waals surface area contributed by atoms with Crippen LogP contribution in [0.2, 0.25) is 5.02 Å². The molecule has 4 amide bonds. The molecule has 16 heteroatoms. The van der Waals surface area contributed by atoms with Gasteiger partial charge in [0.25, 0.3) is 5.91 Å². The molecule has 2 unspecified atom stereocenters. The van der Waals surface area contributed by atoms with E-state index in [-0.39, 0.29) is 37.1 Å². The van der Waals surface area contributed by atoms with Gasteiger partial charge in [0, 0.05) is 74.7 Å². The Morgan fingerprint density at radius 3 is 2.34 bits per heavy atom. The van der Waals surface area contributed by atoms with Crippen LogP contribution in [0.4, 0.5) is 28.4 Å². The number of anilines is 1. The topological polar surface area (TPSA) is 109 Å². The summed E-state index contributed by atoms with van der Waals surface area (Å²) >= 11 is 7.57. The van der Waals surface area contributed by atoms with E-state index in [1.165, 1.54) is 23.8 Å². The molecule has 50 heavy (non-hydrogen) atoms. The van der Waals surface area contributed by atoms with Gasteiger partial charge in [0.1, 0.15) is 5.75 Å². The highest BCUT2D eigenvalue weighted by Crippen LogP contribution is 2.41. The van der Waals surface area contributed by atoms with Crippen molar-refractivity contribution < 1.29 is 37.4 Å². The van der Waals surface area contributed by atoms with E-state index in [1.807, 2.05) is 11.4 Å². The van der Waals surface area contributed by atoms with E-state index in [0.717, 1.165) is 29.5 Å². The van der Waals surface area contributed by atoms with Crippen LogP contribution in [-0.4, -0.2) is 124 Å². The minimum absolute atomic E-state index is 0.00878. The average molecular weight is 739 g/mol. The SMILES string of the molecule is CN1C2CCC1CC(N1CCN(C(=O)[C@@H](Cc3cc(Cl)c(O)c(C(F)(F)F)c3)OC(=O)N3CCC(N4Cc5sccc5NC4=O)CC3)CC1)C2. The maximum atomic E-state index is 14.0. The highest BCUT2D eigenvalue weighted by Gasteiger charge is 2.42. The van der Waals surface area contributed by atoms with Gasteiger partial charge in [-0.3, -0.25) is 9.69 Å². The van der Waals surface area contributed by atoms with E-state index in [9.17, 15) is 32.7 Å². The normalized spacial score (nSPS) is 25.7. The lowest BCUT2D eigenvalue weighted by atomic mass is 9.96. The van der Waals surface area contributed by atoms with Gasteiger partial charge >= 0.3 is 18.3 Å². The molecule has 5 aliphatic rings. The fourth-order valence-electron chi connectivity index (χ4n) is 8.41. The Bertz CT molecular complexity index is 1600. The van der Waals surface area contributed by atoms with Crippen molar-refractivity contribution in [2.75, 3.05) is 51.6 Å². The molecule has 3 atom stereocenters. The summed E-state index contributed by atoms with van der Waals surface area (Å²) in [5.41, 5.74) is -0.494. The zero-order valence-corrected chi connectivity index (χ0v) is 29.4. The number of alkyl halides is 3. The Morgan fingerprint density at radius 2 is 1.68 bits per heavy atom. The highest BCUT2D eigenvalue weighted by atomic mass is 35.5. The maximum Gasteiger partial charge on any atom is 0.420 e. The van der Waals surface area contributed by atoms with Gasteiger partial charge in [-0.2, -0.15) is 13.2 Å². The molecule has 0 aliphatic carbocycles. The highest BCUT2D eigenvalue weighted by molar-refractivity contribution is 7.10. The number of piperazine rings is 1. The van der Waals surface area contributed by atoms with Crippen LogP contribution in [0, 0.1) is 0 Å². The number of likely N-dealkylation sites (tertiary alicyclic amines) is 1. The lowest BCUT2D eigenvalue weighted by Crippen LogP contribution is -2.57. The third-order valence-electron chi connectivity index (χ3n) is 11.3. The summed E-state index contributed by atoms with van der Waals surface area (Å²) in [6, 6.07) is 5.12. The molecular formula is C34H42ClF3N6O5S. The zero-order chi connectivity index (χ0) is 35.3. The van der Waals surface area contributed by atoms with Gasteiger partial charge in [0.2, 0.25) is 0 Å². The van der Waals surface area contributed by atoms with E-state index in [0.29, 0.717) is 63.7 Å². The molecule has 272 valence electrons. The van der Waals surface area contributed by atoms with Gasteiger partial charge in [0.05, 0.1) is 22.8 Å². The first-order valence-electron chi connectivity index (χ1n) is 17.3. The van der Waals surface area contributed by atoms with Crippen molar-refractivity contribution in [2.24, 2.45) is 0 Å². The van der Waals surface area contributed by atoms with Crippen molar-refractivity contribution >= 4 is 46.7 Å². The summed E-state index contributed by atoms with van der Waals surface area (Å²) in [6.45, 7) is 3.20. The van der Waals surface area contributed by atoms with Crippen LogP contribution < -0.4 is 5.32 Å². The number of carbonyl (C=O) groups excluding carboxylic acids is 3. The minimum Gasteiger partial charge on any atom is -0.506 e. The third-order valence-corrected chi connectivity index (χ3v) is 12.5. The summed E-state index contributed by atoms with van der Waals surface area (Å²) in [4.78, 5) is 51.2. The molecule has 11 nitrogen and oxygen atoms in total. The fraction of sp³-hybridized carbons (Fsp3) is 0.618. The first-order chi connectivity index (χ1) is 23.9. The number of hydrogen-bond acceptors (Lipinski definition) is 8. The van der Waals surface area contributed by atoms with Gasteiger partial charge in [-0.1, -0.05) is 11.6 Å². The Balaban J connectivity index is 1.02. The monoisotopic (exact) mass is 738 g/mol. The number of amides is 4. The van der Waals surface area contributed by atoms with Crippen molar-refractivity contribution in [3.8, 4) is 5.75 Å². The van der Waals surface area contributed by atoms with Gasteiger partial charge < -0.3 is 34.8 Å². The number of urea groups is 1. The number of ether oxygens (including phenoxy) is 1. The molecule has 2 aromatic rings. The Hall–Kier alpha value is -3.27. The summed E-state index contributed by atoms with van der Waals surface area (Å²) < 4.78 is 47.0. The second kappa shape index (κ2) is 14.0. The Morgan fingerprint density at radius 1 is 1.00 bits per heavy atom.